The van der Waals surface area contributed by atoms with Gasteiger partial charge in [-0.15, -0.1) is 21.5 Å². The SMILES string of the molecule is Cc1cnc(C(=O)OCc2nnc(-c3ccc(Br)s3)o2)cn1. The number of aromatic nitrogens is 4. The predicted molar refractivity (Wildman–Crippen MR) is 81.2 cm³/mol. The van der Waals surface area contributed by atoms with Crippen LogP contribution in [0, 0.1) is 6.92 Å². The third kappa shape index (κ3) is 3.37. The van der Waals surface area contributed by atoms with Gasteiger partial charge in [-0.1, -0.05) is 0 Å². The lowest BCUT2D eigenvalue weighted by molar-refractivity contribution is 0.0431. The standard InChI is InChI=1S/C13H9BrN4O3S/c1-7-4-16-8(5-15-7)13(19)20-6-11-17-18-12(21-11)9-2-3-10(14)22-9/h2-5H,6H2,1H3. The highest BCUT2D eigenvalue weighted by Crippen LogP contribution is 2.30. The first kappa shape index (κ1) is 14.8. The second-order valence-corrected chi connectivity index (χ2v) is 6.69. The minimum absolute atomic E-state index is 0.117. The summed E-state index contributed by atoms with van der Waals surface area (Å²) in [5.74, 6) is 0.0101. The molecule has 0 bridgehead atoms. The lowest BCUT2D eigenvalue weighted by Gasteiger charge is -2.00. The number of halogens is 1. The fourth-order valence-electron chi connectivity index (χ4n) is 1.54. The Kier molecular flexibility index (Phi) is 4.25. The maximum Gasteiger partial charge on any atom is 0.359 e. The number of thiophene rings is 1. The van der Waals surface area contributed by atoms with E-state index in [-0.39, 0.29) is 18.2 Å². The summed E-state index contributed by atoms with van der Waals surface area (Å²) in [5, 5.41) is 7.76. The highest BCUT2D eigenvalue weighted by Gasteiger charge is 2.14. The van der Waals surface area contributed by atoms with Crippen LogP contribution in [0.4, 0.5) is 0 Å². The minimum Gasteiger partial charge on any atom is -0.451 e. The van der Waals surface area contributed by atoms with Crippen molar-refractivity contribution in [1.29, 1.82) is 0 Å². The second-order valence-electron chi connectivity index (χ2n) is 4.22. The molecule has 22 heavy (non-hydrogen) atoms. The van der Waals surface area contributed by atoms with Crippen LogP contribution in [0.15, 0.2) is 32.7 Å². The van der Waals surface area contributed by atoms with E-state index in [1.54, 1.807) is 6.92 Å². The first-order chi connectivity index (χ1) is 10.6. The fourth-order valence-corrected chi connectivity index (χ4v) is 2.85. The number of hydrogen-bond acceptors (Lipinski definition) is 8. The lowest BCUT2D eigenvalue weighted by Crippen LogP contribution is -2.08. The van der Waals surface area contributed by atoms with Crippen LogP contribution < -0.4 is 0 Å². The molecule has 0 spiro atoms. The maximum atomic E-state index is 11.8. The van der Waals surface area contributed by atoms with Gasteiger partial charge in [-0.25, -0.2) is 9.78 Å². The van der Waals surface area contributed by atoms with Gasteiger partial charge in [0.25, 0.3) is 11.8 Å². The Balaban J connectivity index is 1.63. The van der Waals surface area contributed by atoms with Gasteiger partial charge >= 0.3 is 5.97 Å². The number of ether oxygens (including phenoxy) is 1. The zero-order valence-electron chi connectivity index (χ0n) is 11.3. The van der Waals surface area contributed by atoms with Crippen molar-refractivity contribution in [3.05, 3.63) is 45.6 Å². The van der Waals surface area contributed by atoms with Gasteiger partial charge < -0.3 is 9.15 Å². The lowest BCUT2D eigenvalue weighted by atomic mass is 10.4. The summed E-state index contributed by atoms with van der Waals surface area (Å²) in [6.45, 7) is 1.67. The molecule has 0 atom stereocenters. The van der Waals surface area contributed by atoms with Crippen LogP contribution in [0.1, 0.15) is 22.1 Å². The van der Waals surface area contributed by atoms with E-state index >= 15 is 0 Å². The molecule has 0 aliphatic carbocycles. The van der Waals surface area contributed by atoms with E-state index in [2.05, 4.69) is 36.1 Å². The number of rotatable bonds is 4. The molecule has 0 unspecified atom stereocenters. The molecule has 0 N–H and O–H groups in total. The molecular formula is C13H9BrN4O3S. The molecule has 3 rings (SSSR count). The van der Waals surface area contributed by atoms with Crippen LogP contribution in [0.5, 0.6) is 0 Å². The molecule has 0 amide bonds. The molecule has 0 saturated carbocycles. The van der Waals surface area contributed by atoms with E-state index in [0.717, 1.165) is 14.4 Å². The number of hydrogen-bond donors (Lipinski definition) is 0. The molecule has 7 nitrogen and oxygen atoms in total. The Morgan fingerprint density at radius 3 is 2.86 bits per heavy atom. The van der Waals surface area contributed by atoms with Gasteiger partial charge in [-0.2, -0.15) is 0 Å². The first-order valence-electron chi connectivity index (χ1n) is 6.15. The highest BCUT2D eigenvalue weighted by molar-refractivity contribution is 9.11. The molecule has 0 fully saturated rings. The van der Waals surface area contributed by atoms with Crippen molar-refractivity contribution in [3.63, 3.8) is 0 Å². The average molecular weight is 381 g/mol. The molecular weight excluding hydrogens is 372 g/mol. The van der Waals surface area contributed by atoms with Gasteiger partial charge in [0, 0.05) is 6.20 Å². The summed E-state index contributed by atoms with van der Waals surface area (Å²) in [5.41, 5.74) is 0.854. The van der Waals surface area contributed by atoms with Crippen LogP contribution in [0.25, 0.3) is 10.8 Å². The first-order valence-corrected chi connectivity index (χ1v) is 7.76. The Hall–Kier alpha value is -2.13. The number of esters is 1. The Morgan fingerprint density at radius 1 is 1.32 bits per heavy atom. The van der Waals surface area contributed by atoms with E-state index in [1.165, 1.54) is 23.7 Å². The van der Waals surface area contributed by atoms with E-state index in [1.807, 2.05) is 12.1 Å². The normalized spacial score (nSPS) is 10.6. The van der Waals surface area contributed by atoms with Crippen LogP contribution >= 0.6 is 27.3 Å². The third-order valence-corrected chi connectivity index (χ3v) is 4.18. The van der Waals surface area contributed by atoms with Crippen molar-refractivity contribution < 1.29 is 13.9 Å². The summed E-state index contributed by atoms with van der Waals surface area (Å²) in [7, 11) is 0. The monoisotopic (exact) mass is 380 g/mol. The smallest absolute Gasteiger partial charge is 0.359 e. The summed E-state index contributed by atoms with van der Waals surface area (Å²) in [6, 6.07) is 3.75. The third-order valence-electron chi connectivity index (χ3n) is 2.57. The molecule has 3 aromatic rings. The largest absolute Gasteiger partial charge is 0.451 e. The summed E-state index contributed by atoms with van der Waals surface area (Å²) >= 11 is 4.83. The predicted octanol–water partition coefficient (Wildman–Crippen LogP) is 3.02. The van der Waals surface area contributed by atoms with Crippen LogP contribution in [-0.2, 0) is 11.3 Å². The van der Waals surface area contributed by atoms with E-state index < -0.39 is 5.97 Å². The number of carbonyl (C=O) groups excluding carboxylic acids is 1. The molecule has 3 heterocycles. The number of nitrogens with zero attached hydrogens (tertiary/aromatic N) is 4. The van der Waals surface area contributed by atoms with Gasteiger partial charge in [0.15, 0.2) is 12.3 Å². The fraction of sp³-hybridized carbons (Fsp3) is 0.154. The molecule has 0 aliphatic heterocycles. The highest BCUT2D eigenvalue weighted by atomic mass is 79.9. The van der Waals surface area contributed by atoms with Crippen LogP contribution in [0.3, 0.4) is 0 Å². The van der Waals surface area contributed by atoms with E-state index in [0.29, 0.717) is 5.89 Å². The Bertz CT molecular complexity index is 800. The van der Waals surface area contributed by atoms with Gasteiger partial charge in [-0.3, -0.25) is 4.98 Å². The number of carbonyl (C=O) groups is 1. The van der Waals surface area contributed by atoms with Crippen LogP contribution in [0.2, 0.25) is 0 Å². The Morgan fingerprint density at radius 2 is 2.18 bits per heavy atom. The molecule has 112 valence electrons. The topological polar surface area (TPSA) is 91.0 Å². The maximum absolute atomic E-state index is 11.8. The second kappa shape index (κ2) is 6.32. The quantitative estimate of drug-likeness (QED) is 0.642. The zero-order chi connectivity index (χ0) is 15.5. The van der Waals surface area contributed by atoms with Gasteiger partial charge in [0.2, 0.25) is 0 Å². The van der Waals surface area contributed by atoms with Crippen molar-refractivity contribution in [2.75, 3.05) is 0 Å². The van der Waals surface area contributed by atoms with Crippen molar-refractivity contribution in [2.24, 2.45) is 0 Å². The molecule has 0 radical (unpaired) electrons. The van der Waals surface area contributed by atoms with E-state index in [9.17, 15) is 4.79 Å². The van der Waals surface area contributed by atoms with Gasteiger partial charge in [-0.05, 0) is 35.0 Å². The molecule has 0 aliphatic rings. The van der Waals surface area contributed by atoms with Crippen molar-refractivity contribution >= 4 is 33.2 Å². The minimum atomic E-state index is -0.592. The molecule has 0 aromatic carbocycles. The molecule has 0 saturated heterocycles. The average Bonchev–Trinajstić information content (AvgIpc) is 3.14. The molecule has 3 aromatic heterocycles. The van der Waals surface area contributed by atoms with Gasteiger partial charge in [0.1, 0.15) is 0 Å². The van der Waals surface area contributed by atoms with E-state index in [4.69, 9.17) is 9.15 Å². The number of aryl methyl sites for hydroxylation is 1. The summed E-state index contributed by atoms with van der Waals surface area (Å²) < 4.78 is 11.5. The van der Waals surface area contributed by atoms with Crippen molar-refractivity contribution in [2.45, 2.75) is 13.5 Å². The van der Waals surface area contributed by atoms with Crippen molar-refractivity contribution in [3.8, 4) is 10.8 Å². The Labute approximate surface area is 137 Å². The summed E-state index contributed by atoms with van der Waals surface area (Å²) in [6.07, 6.45) is 2.86. The van der Waals surface area contributed by atoms with Crippen molar-refractivity contribution in [1.82, 2.24) is 20.2 Å². The van der Waals surface area contributed by atoms with Gasteiger partial charge in [0.05, 0.1) is 20.6 Å². The summed E-state index contributed by atoms with van der Waals surface area (Å²) in [4.78, 5) is 20.5. The zero-order valence-corrected chi connectivity index (χ0v) is 13.7. The molecule has 9 heteroatoms. The van der Waals surface area contributed by atoms with Crippen LogP contribution in [-0.4, -0.2) is 26.1 Å².